The molecule has 0 radical (unpaired) electrons. The molecule has 2 unspecified atom stereocenters. The Morgan fingerprint density at radius 3 is 2.69 bits per heavy atom. The second-order valence-electron chi connectivity index (χ2n) is 4.74. The van der Waals surface area contributed by atoms with Crippen molar-refractivity contribution < 1.29 is 14.7 Å². The molecule has 3 N–H and O–H groups in total. The first-order valence-corrected chi connectivity index (χ1v) is 5.68. The topological polar surface area (TPSA) is 83.6 Å². The van der Waals surface area contributed by atoms with Crippen LogP contribution in [0.4, 0.5) is 0 Å². The van der Waals surface area contributed by atoms with Crippen LogP contribution in [0, 0.1) is 5.41 Å². The van der Waals surface area contributed by atoms with Crippen molar-refractivity contribution >= 4 is 11.9 Å². The third-order valence-corrected chi connectivity index (χ3v) is 3.28. The molecule has 92 valence electrons. The minimum atomic E-state index is -0.838. The second-order valence-corrected chi connectivity index (χ2v) is 4.74. The zero-order valence-corrected chi connectivity index (χ0v) is 9.90. The van der Waals surface area contributed by atoms with Crippen LogP contribution in [0.2, 0.25) is 0 Å². The number of likely N-dealkylation sites (tertiary alicyclic amines) is 1. The summed E-state index contributed by atoms with van der Waals surface area (Å²) in [6.07, 6.45) is 1.93. The molecular weight excluding hydrogens is 208 g/mol. The van der Waals surface area contributed by atoms with Gasteiger partial charge in [0.25, 0.3) is 0 Å². The molecule has 1 heterocycles. The van der Waals surface area contributed by atoms with Crippen LogP contribution in [-0.4, -0.2) is 41.0 Å². The predicted octanol–water partition coefficient (Wildman–Crippen LogP) is 0.437. The van der Waals surface area contributed by atoms with Gasteiger partial charge in [0.05, 0.1) is 11.5 Å². The Balaban J connectivity index is 2.71. The fourth-order valence-electron chi connectivity index (χ4n) is 2.01. The molecule has 0 aromatic heterocycles. The first kappa shape index (κ1) is 13.0. The Bertz CT molecular complexity index is 293. The van der Waals surface area contributed by atoms with E-state index in [1.54, 1.807) is 11.8 Å². The molecule has 0 aliphatic carbocycles. The highest BCUT2D eigenvalue weighted by Gasteiger charge is 2.39. The minimum absolute atomic E-state index is 0.130. The number of carbonyl (C=O) groups is 2. The van der Waals surface area contributed by atoms with E-state index in [0.29, 0.717) is 19.4 Å². The molecular formula is C11H20N2O3. The van der Waals surface area contributed by atoms with Gasteiger partial charge < -0.3 is 15.7 Å². The quantitative estimate of drug-likeness (QED) is 0.734. The number of nitrogens with zero attached hydrogens (tertiary/aromatic N) is 1. The van der Waals surface area contributed by atoms with Crippen LogP contribution in [-0.2, 0) is 9.59 Å². The van der Waals surface area contributed by atoms with Gasteiger partial charge in [0, 0.05) is 13.1 Å². The fourth-order valence-corrected chi connectivity index (χ4v) is 2.01. The molecule has 5 heteroatoms. The molecule has 1 aliphatic heterocycles. The maximum atomic E-state index is 11.8. The lowest BCUT2D eigenvalue weighted by atomic mass is 9.82. The fraction of sp³-hybridized carbons (Fsp3) is 0.818. The highest BCUT2D eigenvalue weighted by atomic mass is 16.4. The van der Waals surface area contributed by atoms with Crippen LogP contribution in [0.1, 0.15) is 33.1 Å². The Morgan fingerprint density at radius 2 is 2.19 bits per heavy atom. The number of carboxylic acid groups (broad SMARTS) is 1. The second kappa shape index (κ2) is 4.82. The predicted molar refractivity (Wildman–Crippen MR) is 59.8 cm³/mol. The van der Waals surface area contributed by atoms with E-state index in [1.807, 2.05) is 6.92 Å². The maximum Gasteiger partial charge on any atom is 0.311 e. The Kier molecular flexibility index (Phi) is 3.91. The van der Waals surface area contributed by atoms with Crippen molar-refractivity contribution in [3.8, 4) is 0 Å². The summed E-state index contributed by atoms with van der Waals surface area (Å²) in [6.45, 7) is 4.43. The molecule has 1 amide bonds. The summed E-state index contributed by atoms with van der Waals surface area (Å²) in [5.41, 5.74) is 4.86. The standard InChI is InChI=1S/C11H20N2O3/c1-3-8(12)9(14)13-6-4-5-11(2,7-13)10(15)16/h8H,3-7,12H2,1-2H3,(H,15,16). The Labute approximate surface area is 95.6 Å². The van der Waals surface area contributed by atoms with Crippen molar-refractivity contribution in [2.45, 2.75) is 39.2 Å². The van der Waals surface area contributed by atoms with E-state index >= 15 is 0 Å². The van der Waals surface area contributed by atoms with Gasteiger partial charge in [-0.25, -0.2) is 0 Å². The first-order valence-electron chi connectivity index (χ1n) is 5.68. The van der Waals surface area contributed by atoms with E-state index in [2.05, 4.69) is 0 Å². The molecule has 5 nitrogen and oxygen atoms in total. The summed E-state index contributed by atoms with van der Waals surface area (Å²) in [4.78, 5) is 24.6. The molecule has 16 heavy (non-hydrogen) atoms. The monoisotopic (exact) mass is 228 g/mol. The van der Waals surface area contributed by atoms with Crippen LogP contribution in [0.3, 0.4) is 0 Å². The molecule has 0 saturated carbocycles. The van der Waals surface area contributed by atoms with Gasteiger partial charge in [-0.15, -0.1) is 0 Å². The van der Waals surface area contributed by atoms with Crippen LogP contribution < -0.4 is 5.73 Å². The largest absolute Gasteiger partial charge is 0.481 e. The number of hydrogen-bond donors (Lipinski definition) is 2. The van der Waals surface area contributed by atoms with Crippen molar-refractivity contribution in [2.75, 3.05) is 13.1 Å². The Hall–Kier alpha value is -1.10. The molecule has 1 rings (SSSR count). The molecule has 2 atom stereocenters. The summed E-state index contributed by atoms with van der Waals surface area (Å²) >= 11 is 0. The summed E-state index contributed by atoms with van der Waals surface area (Å²) < 4.78 is 0. The third-order valence-electron chi connectivity index (χ3n) is 3.28. The number of nitrogens with two attached hydrogens (primary N) is 1. The van der Waals surface area contributed by atoms with Crippen molar-refractivity contribution in [2.24, 2.45) is 11.1 Å². The van der Waals surface area contributed by atoms with Crippen molar-refractivity contribution in [1.82, 2.24) is 4.90 Å². The average Bonchev–Trinajstić information content (AvgIpc) is 2.27. The number of piperidine rings is 1. The van der Waals surface area contributed by atoms with E-state index in [-0.39, 0.29) is 12.5 Å². The highest BCUT2D eigenvalue weighted by molar-refractivity contribution is 5.83. The van der Waals surface area contributed by atoms with Gasteiger partial charge in [-0.2, -0.15) is 0 Å². The Morgan fingerprint density at radius 1 is 1.56 bits per heavy atom. The van der Waals surface area contributed by atoms with Gasteiger partial charge in [0.15, 0.2) is 0 Å². The molecule has 1 fully saturated rings. The maximum absolute atomic E-state index is 11.8. The van der Waals surface area contributed by atoms with Gasteiger partial charge in [0.2, 0.25) is 5.91 Å². The van der Waals surface area contributed by atoms with E-state index in [4.69, 9.17) is 10.8 Å². The van der Waals surface area contributed by atoms with Crippen molar-refractivity contribution in [3.63, 3.8) is 0 Å². The van der Waals surface area contributed by atoms with Gasteiger partial charge in [-0.05, 0) is 26.2 Å². The number of amides is 1. The summed E-state index contributed by atoms with van der Waals surface area (Å²) in [6, 6.07) is -0.504. The lowest BCUT2D eigenvalue weighted by Gasteiger charge is -2.38. The molecule has 0 spiro atoms. The van der Waals surface area contributed by atoms with Crippen LogP contribution in [0.5, 0.6) is 0 Å². The number of aliphatic carboxylic acids is 1. The number of carboxylic acids is 1. The summed E-state index contributed by atoms with van der Waals surface area (Å²) in [7, 11) is 0. The first-order chi connectivity index (χ1) is 7.40. The molecule has 0 bridgehead atoms. The average molecular weight is 228 g/mol. The normalized spacial score (nSPS) is 27.6. The van der Waals surface area contributed by atoms with Crippen LogP contribution in [0.25, 0.3) is 0 Å². The lowest BCUT2D eigenvalue weighted by molar-refractivity contribution is -0.153. The summed E-state index contributed by atoms with van der Waals surface area (Å²) in [5.74, 6) is -0.968. The van der Waals surface area contributed by atoms with E-state index in [0.717, 1.165) is 6.42 Å². The third kappa shape index (κ3) is 2.52. The number of rotatable bonds is 3. The van der Waals surface area contributed by atoms with Gasteiger partial charge in [-0.3, -0.25) is 9.59 Å². The van der Waals surface area contributed by atoms with E-state index in [1.165, 1.54) is 0 Å². The molecule has 0 aromatic carbocycles. The number of hydrogen-bond acceptors (Lipinski definition) is 3. The van der Waals surface area contributed by atoms with Gasteiger partial charge >= 0.3 is 5.97 Å². The number of carbonyl (C=O) groups excluding carboxylic acids is 1. The molecule has 1 aliphatic rings. The minimum Gasteiger partial charge on any atom is -0.481 e. The van der Waals surface area contributed by atoms with Crippen LogP contribution in [0.15, 0.2) is 0 Å². The smallest absolute Gasteiger partial charge is 0.311 e. The van der Waals surface area contributed by atoms with Gasteiger partial charge in [-0.1, -0.05) is 6.92 Å². The van der Waals surface area contributed by atoms with Crippen molar-refractivity contribution in [3.05, 3.63) is 0 Å². The van der Waals surface area contributed by atoms with E-state index in [9.17, 15) is 9.59 Å². The lowest BCUT2D eigenvalue weighted by Crippen LogP contribution is -2.52. The zero-order chi connectivity index (χ0) is 12.3. The van der Waals surface area contributed by atoms with Gasteiger partial charge in [0.1, 0.15) is 0 Å². The van der Waals surface area contributed by atoms with Crippen molar-refractivity contribution in [1.29, 1.82) is 0 Å². The molecule has 1 saturated heterocycles. The zero-order valence-electron chi connectivity index (χ0n) is 9.90. The highest BCUT2D eigenvalue weighted by Crippen LogP contribution is 2.29. The van der Waals surface area contributed by atoms with E-state index < -0.39 is 17.4 Å². The van der Waals surface area contributed by atoms with Crippen LogP contribution >= 0.6 is 0 Å². The SMILES string of the molecule is CCC(N)C(=O)N1CCCC(C)(C(=O)O)C1. The molecule has 0 aromatic rings. The summed E-state index contributed by atoms with van der Waals surface area (Å²) in [5, 5.41) is 9.12.